The van der Waals surface area contributed by atoms with Gasteiger partial charge in [0.05, 0.1) is 0 Å². The van der Waals surface area contributed by atoms with E-state index in [2.05, 4.69) is 21.2 Å². The third-order valence-corrected chi connectivity index (χ3v) is 5.89. The van der Waals surface area contributed by atoms with Gasteiger partial charge in [-0.05, 0) is 51.0 Å². The van der Waals surface area contributed by atoms with Gasteiger partial charge in [0.2, 0.25) is 0 Å². The summed E-state index contributed by atoms with van der Waals surface area (Å²) in [5.74, 6) is -1.09. The normalized spacial score (nSPS) is 20.0. The van der Waals surface area contributed by atoms with Gasteiger partial charge in [0.25, 0.3) is 11.8 Å². The van der Waals surface area contributed by atoms with Crippen LogP contribution in [0.4, 0.5) is 0 Å². The molecule has 0 aliphatic carbocycles. The first-order chi connectivity index (χ1) is 15.1. The molecule has 0 radical (unpaired) electrons. The highest BCUT2D eigenvalue weighted by molar-refractivity contribution is 9.10. The predicted molar refractivity (Wildman–Crippen MR) is 130 cm³/mol. The molecule has 2 aromatic rings. The maximum absolute atomic E-state index is 13.9. The van der Waals surface area contributed by atoms with Crippen LogP contribution in [0.2, 0.25) is 0 Å². The number of hydrogen-bond acceptors (Lipinski definition) is 3. The zero-order valence-electron chi connectivity index (χ0n) is 18.9. The third-order valence-electron chi connectivity index (χ3n) is 5.36. The Morgan fingerprint density at radius 3 is 2.28 bits per heavy atom. The monoisotopic (exact) mass is 496 g/mol. The van der Waals surface area contributed by atoms with Gasteiger partial charge in [0, 0.05) is 34.1 Å². The molecular weight excluding hydrogens is 468 g/mol. The van der Waals surface area contributed by atoms with Crippen molar-refractivity contribution in [3.63, 3.8) is 0 Å². The number of carbonyl (C=O) groups is 3. The molecular formula is C26H29BrN2O3. The van der Waals surface area contributed by atoms with Crippen LogP contribution in [0.1, 0.15) is 56.5 Å². The molecule has 1 N–H and O–H groups in total. The van der Waals surface area contributed by atoms with Crippen molar-refractivity contribution in [2.24, 2.45) is 0 Å². The van der Waals surface area contributed by atoms with Crippen LogP contribution < -0.4 is 5.32 Å². The van der Waals surface area contributed by atoms with Crippen LogP contribution in [-0.2, 0) is 9.59 Å². The highest BCUT2D eigenvalue weighted by Gasteiger charge is 2.58. The lowest BCUT2D eigenvalue weighted by Crippen LogP contribution is -2.64. The van der Waals surface area contributed by atoms with Gasteiger partial charge in [-0.25, -0.2) is 0 Å². The highest BCUT2D eigenvalue weighted by atomic mass is 79.9. The first-order valence-corrected chi connectivity index (χ1v) is 11.6. The number of benzene rings is 2. The van der Waals surface area contributed by atoms with Crippen LogP contribution in [0, 0.1) is 0 Å². The lowest BCUT2D eigenvalue weighted by Gasteiger charge is -2.37. The average molecular weight is 497 g/mol. The standard InChI is InChI=1S/C26H29BrN2O3/c1-5-15-29-23(31)20(16-18-9-7-6-8-10-18)17-26(29,24(32)28-25(2,3)4)22(30)19-11-13-21(27)14-12-19/h6-14,16H,5,15,17H2,1-4H3,(H,28,32)/b20-16+. The molecule has 2 amide bonds. The van der Waals surface area contributed by atoms with E-state index in [0.29, 0.717) is 24.1 Å². The summed E-state index contributed by atoms with van der Waals surface area (Å²) in [6, 6.07) is 16.4. The number of carbonyl (C=O) groups excluding carboxylic acids is 3. The largest absolute Gasteiger partial charge is 0.349 e. The molecule has 0 spiro atoms. The second kappa shape index (κ2) is 9.41. The van der Waals surface area contributed by atoms with Crippen molar-refractivity contribution >= 4 is 39.6 Å². The number of amides is 2. The van der Waals surface area contributed by atoms with Gasteiger partial charge in [-0.2, -0.15) is 0 Å². The van der Waals surface area contributed by atoms with Crippen molar-refractivity contribution in [3.05, 3.63) is 75.8 Å². The summed E-state index contributed by atoms with van der Waals surface area (Å²) in [4.78, 5) is 42.6. The van der Waals surface area contributed by atoms with Gasteiger partial charge in [0.1, 0.15) is 0 Å². The quantitative estimate of drug-likeness (QED) is 0.347. The second-order valence-electron chi connectivity index (χ2n) is 9.11. The molecule has 1 aliphatic heterocycles. The summed E-state index contributed by atoms with van der Waals surface area (Å²) in [6.07, 6.45) is 2.44. The molecule has 0 saturated carbocycles. The molecule has 1 unspecified atom stereocenters. The maximum atomic E-state index is 13.9. The van der Waals surface area contributed by atoms with Crippen LogP contribution in [-0.4, -0.2) is 40.1 Å². The van der Waals surface area contributed by atoms with Gasteiger partial charge >= 0.3 is 0 Å². The zero-order valence-corrected chi connectivity index (χ0v) is 20.5. The van der Waals surface area contributed by atoms with E-state index in [1.807, 2.05) is 58.0 Å². The Morgan fingerprint density at radius 2 is 1.72 bits per heavy atom. The van der Waals surface area contributed by atoms with E-state index in [1.54, 1.807) is 30.3 Å². The summed E-state index contributed by atoms with van der Waals surface area (Å²) in [5.41, 5.74) is -0.479. The minimum absolute atomic E-state index is 0.0253. The van der Waals surface area contributed by atoms with E-state index in [-0.39, 0.29) is 18.1 Å². The predicted octanol–water partition coefficient (Wildman–Crippen LogP) is 5.01. The lowest BCUT2D eigenvalue weighted by atomic mass is 9.83. The first-order valence-electron chi connectivity index (χ1n) is 10.8. The van der Waals surface area contributed by atoms with Gasteiger partial charge in [-0.15, -0.1) is 0 Å². The summed E-state index contributed by atoms with van der Waals surface area (Å²) in [6.45, 7) is 7.84. The Labute approximate surface area is 198 Å². The van der Waals surface area contributed by atoms with Crippen LogP contribution in [0.25, 0.3) is 6.08 Å². The van der Waals surface area contributed by atoms with Crippen molar-refractivity contribution in [1.82, 2.24) is 10.2 Å². The average Bonchev–Trinajstić information content (AvgIpc) is 3.01. The summed E-state index contributed by atoms with van der Waals surface area (Å²) in [5, 5.41) is 2.97. The second-order valence-corrected chi connectivity index (χ2v) is 10.0. The SMILES string of the molecule is CCCN1C(=O)/C(=C/c2ccccc2)CC1(C(=O)NC(C)(C)C)C(=O)c1ccc(Br)cc1. The van der Waals surface area contributed by atoms with E-state index >= 15 is 0 Å². The fourth-order valence-electron chi connectivity index (χ4n) is 3.97. The Morgan fingerprint density at radius 1 is 1.09 bits per heavy atom. The lowest BCUT2D eigenvalue weighted by molar-refractivity contribution is -0.139. The number of hydrogen-bond donors (Lipinski definition) is 1. The molecule has 1 atom stereocenters. The number of halogens is 1. The Balaban J connectivity index is 2.17. The number of nitrogens with zero attached hydrogens (tertiary/aromatic N) is 1. The Hall–Kier alpha value is -2.73. The van der Waals surface area contributed by atoms with Crippen molar-refractivity contribution < 1.29 is 14.4 Å². The zero-order chi connectivity index (χ0) is 23.5. The van der Waals surface area contributed by atoms with Crippen LogP contribution in [0.5, 0.6) is 0 Å². The van der Waals surface area contributed by atoms with Crippen LogP contribution >= 0.6 is 15.9 Å². The molecule has 1 saturated heterocycles. The molecule has 0 aromatic heterocycles. The van der Waals surface area contributed by atoms with E-state index in [9.17, 15) is 14.4 Å². The van der Waals surface area contributed by atoms with Crippen molar-refractivity contribution in [1.29, 1.82) is 0 Å². The van der Waals surface area contributed by atoms with Crippen molar-refractivity contribution in [3.8, 4) is 0 Å². The van der Waals surface area contributed by atoms with Gasteiger partial charge in [-0.3, -0.25) is 14.4 Å². The first kappa shape index (κ1) is 23.9. The minimum Gasteiger partial charge on any atom is -0.349 e. The van der Waals surface area contributed by atoms with E-state index < -0.39 is 17.0 Å². The van der Waals surface area contributed by atoms with Gasteiger partial charge in [0.15, 0.2) is 11.3 Å². The molecule has 5 nitrogen and oxygen atoms in total. The molecule has 32 heavy (non-hydrogen) atoms. The summed E-state index contributed by atoms with van der Waals surface area (Å²) in [7, 11) is 0. The summed E-state index contributed by atoms with van der Waals surface area (Å²) < 4.78 is 0.833. The highest BCUT2D eigenvalue weighted by Crippen LogP contribution is 2.39. The van der Waals surface area contributed by atoms with E-state index in [1.165, 1.54) is 4.90 Å². The summed E-state index contributed by atoms with van der Waals surface area (Å²) >= 11 is 3.39. The molecule has 2 aromatic carbocycles. The van der Waals surface area contributed by atoms with E-state index in [0.717, 1.165) is 10.0 Å². The van der Waals surface area contributed by atoms with Gasteiger partial charge < -0.3 is 10.2 Å². The molecule has 1 fully saturated rings. The minimum atomic E-state index is -1.63. The number of Topliss-reactive ketones (excluding diaryl/α,β-unsaturated/α-hetero) is 1. The number of rotatable bonds is 6. The Bertz CT molecular complexity index is 1040. The smallest absolute Gasteiger partial charge is 0.254 e. The van der Waals surface area contributed by atoms with Crippen molar-refractivity contribution in [2.75, 3.05) is 6.54 Å². The molecule has 1 aliphatic rings. The molecule has 3 rings (SSSR count). The molecule has 0 bridgehead atoms. The molecule has 168 valence electrons. The Kier molecular flexibility index (Phi) is 7.03. The number of ketones is 1. The molecule has 1 heterocycles. The third kappa shape index (κ3) is 4.85. The number of nitrogens with one attached hydrogen (secondary N) is 1. The van der Waals surface area contributed by atoms with Crippen LogP contribution in [0.3, 0.4) is 0 Å². The number of likely N-dealkylation sites (tertiary alicyclic amines) is 1. The topological polar surface area (TPSA) is 66.5 Å². The fraction of sp³-hybridized carbons (Fsp3) is 0.346. The van der Waals surface area contributed by atoms with Crippen molar-refractivity contribution in [2.45, 2.75) is 51.6 Å². The molecule has 6 heteroatoms. The fourth-order valence-corrected chi connectivity index (χ4v) is 4.23. The maximum Gasteiger partial charge on any atom is 0.254 e. The van der Waals surface area contributed by atoms with E-state index in [4.69, 9.17) is 0 Å². The van der Waals surface area contributed by atoms with Gasteiger partial charge in [-0.1, -0.05) is 65.3 Å². The van der Waals surface area contributed by atoms with Crippen LogP contribution in [0.15, 0.2) is 64.6 Å².